The van der Waals surface area contributed by atoms with Crippen molar-refractivity contribution in [2.24, 2.45) is 0 Å². The zero-order valence-corrected chi connectivity index (χ0v) is 10.5. The third kappa shape index (κ3) is 2.88. The minimum atomic E-state index is 0.817. The molecule has 3 heteroatoms. The van der Waals surface area contributed by atoms with Crippen molar-refractivity contribution in [2.75, 3.05) is 14.2 Å². The summed E-state index contributed by atoms with van der Waals surface area (Å²) in [4.78, 5) is 2.99. The van der Waals surface area contributed by atoms with Crippen LogP contribution in [0.2, 0.25) is 0 Å². The summed E-state index contributed by atoms with van der Waals surface area (Å²) in [5, 5.41) is 0. The predicted molar refractivity (Wildman–Crippen MR) is 71.5 cm³/mol. The maximum Gasteiger partial charge on any atom is 0.167 e. The molecule has 18 heavy (non-hydrogen) atoms. The summed E-state index contributed by atoms with van der Waals surface area (Å²) >= 11 is 0. The van der Waals surface area contributed by atoms with Crippen LogP contribution >= 0.6 is 0 Å². The molecule has 0 saturated carbocycles. The van der Waals surface area contributed by atoms with Crippen LogP contribution in [0.4, 0.5) is 0 Å². The van der Waals surface area contributed by atoms with Crippen LogP contribution in [0.25, 0.3) is 12.2 Å². The average molecular weight is 242 g/mol. The summed E-state index contributed by atoms with van der Waals surface area (Å²) in [6, 6.07) is 9.74. The predicted octanol–water partition coefficient (Wildman–Crippen LogP) is 2.69. The maximum atomic E-state index is 5.32. The lowest BCUT2D eigenvalue weighted by Crippen LogP contribution is -1.96. The van der Waals surface area contributed by atoms with Crippen LogP contribution in [0.5, 0.6) is 11.5 Å². The second kappa shape index (κ2) is 5.87. The highest BCUT2D eigenvalue weighted by Gasteiger charge is 2.01. The van der Waals surface area contributed by atoms with E-state index in [2.05, 4.69) is 4.98 Å². The highest BCUT2D eigenvalue weighted by molar-refractivity contribution is 5.73. The average Bonchev–Trinajstić information content (AvgIpc) is 2.45. The van der Waals surface area contributed by atoms with Crippen LogP contribution in [-0.4, -0.2) is 14.2 Å². The first-order valence-electron chi connectivity index (χ1n) is 5.69. The van der Waals surface area contributed by atoms with E-state index in [1.54, 1.807) is 14.2 Å². The summed E-state index contributed by atoms with van der Waals surface area (Å²) in [5.41, 5.74) is 2.11. The van der Waals surface area contributed by atoms with E-state index in [1.165, 1.54) is 0 Å². The zero-order valence-electron chi connectivity index (χ0n) is 10.5. The summed E-state index contributed by atoms with van der Waals surface area (Å²) in [6.07, 6.45) is 7.83. The van der Waals surface area contributed by atoms with E-state index < -0.39 is 0 Å². The number of rotatable bonds is 4. The van der Waals surface area contributed by atoms with Gasteiger partial charge in [-0.25, -0.2) is 4.98 Å². The SMILES string of the molecule is COc1ccc(OC)c(/C=C/c2cc[nH+]cc2)c1. The number of aromatic nitrogens is 1. The third-order valence-electron chi connectivity index (χ3n) is 2.64. The molecule has 1 aromatic heterocycles. The summed E-state index contributed by atoms with van der Waals surface area (Å²) in [5.74, 6) is 1.64. The Kier molecular flexibility index (Phi) is 3.97. The van der Waals surface area contributed by atoms with Crippen molar-refractivity contribution in [3.05, 3.63) is 53.9 Å². The lowest BCUT2D eigenvalue weighted by Gasteiger charge is -2.07. The van der Waals surface area contributed by atoms with Gasteiger partial charge in [0, 0.05) is 17.7 Å². The number of methoxy groups -OCH3 is 2. The molecule has 0 amide bonds. The first kappa shape index (κ1) is 12.2. The molecule has 2 rings (SSSR count). The Morgan fingerprint density at radius 3 is 2.39 bits per heavy atom. The normalized spacial score (nSPS) is 10.6. The van der Waals surface area contributed by atoms with Crippen LogP contribution in [0, 0.1) is 0 Å². The molecule has 92 valence electrons. The molecule has 0 radical (unpaired) electrons. The Morgan fingerprint density at radius 1 is 0.944 bits per heavy atom. The molecule has 0 unspecified atom stereocenters. The summed E-state index contributed by atoms with van der Waals surface area (Å²) < 4.78 is 10.5. The van der Waals surface area contributed by atoms with Gasteiger partial charge < -0.3 is 9.47 Å². The molecule has 3 nitrogen and oxygen atoms in total. The van der Waals surface area contributed by atoms with Gasteiger partial charge in [0.05, 0.1) is 14.2 Å². The van der Waals surface area contributed by atoms with Crippen molar-refractivity contribution in [1.82, 2.24) is 0 Å². The van der Waals surface area contributed by atoms with E-state index in [1.807, 2.05) is 54.9 Å². The van der Waals surface area contributed by atoms with Crippen molar-refractivity contribution in [1.29, 1.82) is 0 Å². The van der Waals surface area contributed by atoms with Gasteiger partial charge in [-0.1, -0.05) is 12.2 Å². The van der Waals surface area contributed by atoms with E-state index in [9.17, 15) is 0 Å². The van der Waals surface area contributed by atoms with E-state index in [0.717, 1.165) is 22.6 Å². The van der Waals surface area contributed by atoms with Gasteiger partial charge in [0.15, 0.2) is 12.4 Å². The molecule has 0 fully saturated rings. The first-order valence-corrected chi connectivity index (χ1v) is 5.69. The molecular formula is C15H16NO2+. The van der Waals surface area contributed by atoms with Gasteiger partial charge in [-0.15, -0.1) is 0 Å². The van der Waals surface area contributed by atoms with E-state index in [4.69, 9.17) is 9.47 Å². The number of pyridine rings is 1. The van der Waals surface area contributed by atoms with Gasteiger partial charge >= 0.3 is 0 Å². The van der Waals surface area contributed by atoms with Crippen molar-refractivity contribution in [2.45, 2.75) is 0 Å². The van der Waals surface area contributed by atoms with Crippen LogP contribution in [0.1, 0.15) is 11.1 Å². The van der Waals surface area contributed by atoms with Crippen molar-refractivity contribution < 1.29 is 14.5 Å². The monoisotopic (exact) mass is 242 g/mol. The van der Waals surface area contributed by atoms with Crippen LogP contribution in [0.3, 0.4) is 0 Å². The highest BCUT2D eigenvalue weighted by atomic mass is 16.5. The third-order valence-corrected chi connectivity index (χ3v) is 2.64. The molecule has 0 spiro atoms. The minimum absolute atomic E-state index is 0.817. The molecule has 1 N–H and O–H groups in total. The Hall–Kier alpha value is -2.29. The number of nitrogens with one attached hydrogen (secondary N) is 1. The lowest BCUT2D eigenvalue weighted by atomic mass is 10.1. The van der Waals surface area contributed by atoms with Crippen LogP contribution in [0.15, 0.2) is 42.7 Å². The molecule has 0 saturated heterocycles. The molecule has 1 aromatic carbocycles. The fourth-order valence-corrected chi connectivity index (χ4v) is 1.67. The van der Waals surface area contributed by atoms with Gasteiger partial charge in [-0.3, -0.25) is 0 Å². The Morgan fingerprint density at radius 2 is 1.72 bits per heavy atom. The number of benzene rings is 1. The summed E-state index contributed by atoms with van der Waals surface area (Å²) in [7, 11) is 3.32. The summed E-state index contributed by atoms with van der Waals surface area (Å²) in [6.45, 7) is 0. The van der Waals surface area contributed by atoms with E-state index in [0.29, 0.717) is 0 Å². The van der Waals surface area contributed by atoms with Gasteiger partial charge in [0.25, 0.3) is 0 Å². The molecular weight excluding hydrogens is 226 g/mol. The molecule has 1 heterocycles. The van der Waals surface area contributed by atoms with Crippen molar-refractivity contribution in [3.63, 3.8) is 0 Å². The number of aromatic amines is 1. The number of ether oxygens (including phenoxy) is 2. The second-order valence-corrected chi connectivity index (χ2v) is 3.77. The van der Waals surface area contributed by atoms with Gasteiger partial charge in [-0.05, 0) is 23.8 Å². The van der Waals surface area contributed by atoms with Gasteiger partial charge in [0.1, 0.15) is 11.5 Å². The lowest BCUT2D eigenvalue weighted by molar-refractivity contribution is -0.378. The molecule has 0 bridgehead atoms. The van der Waals surface area contributed by atoms with Gasteiger partial charge in [-0.2, -0.15) is 0 Å². The molecule has 0 atom stereocenters. The fourth-order valence-electron chi connectivity index (χ4n) is 1.67. The first-order chi connectivity index (χ1) is 8.83. The molecule has 0 aliphatic heterocycles. The largest absolute Gasteiger partial charge is 0.497 e. The van der Waals surface area contributed by atoms with Crippen LogP contribution in [-0.2, 0) is 0 Å². The fraction of sp³-hybridized carbons (Fsp3) is 0.133. The minimum Gasteiger partial charge on any atom is -0.497 e. The van der Waals surface area contributed by atoms with Crippen molar-refractivity contribution in [3.8, 4) is 11.5 Å². The number of hydrogen-bond acceptors (Lipinski definition) is 2. The topological polar surface area (TPSA) is 32.6 Å². The Balaban J connectivity index is 2.30. The molecule has 0 aliphatic rings. The number of H-pyrrole nitrogens is 1. The quantitative estimate of drug-likeness (QED) is 0.825. The van der Waals surface area contributed by atoms with E-state index >= 15 is 0 Å². The van der Waals surface area contributed by atoms with E-state index in [-0.39, 0.29) is 0 Å². The Labute approximate surface area is 107 Å². The zero-order chi connectivity index (χ0) is 12.8. The maximum absolute atomic E-state index is 5.32. The molecule has 2 aromatic rings. The number of hydrogen-bond donors (Lipinski definition) is 0. The van der Waals surface area contributed by atoms with Gasteiger partial charge in [0.2, 0.25) is 0 Å². The molecule has 0 aliphatic carbocycles. The Bertz CT molecular complexity index is 535. The smallest absolute Gasteiger partial charge is 0.167 e. The highest BCUT2D eigenvalue weighted by Crippen LogP contribution is 2.25. The van der Waals surface area contributed by atoms with Crippen LogP contribution < -0.4 is 14.5 Å². The standard InChI is InChI=1S/C15H15NO2/c1-17-14-5-6-15(18-2)13(11-14)4-3-12-7-9-16-10-8-12/h3-11H,1-2H3/p+1/b4-3+. The van der Waals surface area contributed by atoms with Crippen molar-refractivity contribution >= 4 is 12.2 Å². The second-order valence-electron chi connectivity index (χ2n) is 3.77.